The molecule has 1 aliphatic rings. The van der Waals surface area contributed by atoms with Crippen LogP contribution in [0.2, 0.25) is 0 Å². The fourth-order valence-corrected chi connectivity index (χ4v) is 2.76. The van der Waals surface area contributed by atoms with Crippen LogP contribution in [0.4, 0.5) is 4.79 Å². The summed E-state index contributed by atoms with van der Waals surface area (Å²) < 4.78 is 7.34. The molecule has 6 nitrogen and oxygen atoms in total. The first-order valence-corrected chi connectivity index (χ1v) is 8.55. The van der Waals surface area contributed by atoms with E-state index in [4.69, 9.17) is 4.74 Å². The van der Waals surface area contributed by atoms with Crippen molar-refractivity contribution in [2.24, 2.45) is 0 Å². The van der Waals surface area contributed by atoms with E-state index in [1.165, 1.54) is 5.56 Å². The summed E-state index contributed by atoms with van der Waals surface area (Å²) in [6.07, 6.45) is 7.86. The van der Waals surface area contributed by atoms with Crippen LogP contribution >= 0.6 is 0 Å². The van der Waals surface area contributed by atoms with E-state index in [2.05, 4.69) is 28.9 Å². The van der Waals surface area contributed by atoms with E-state index in [-0.39, 0.29) is 11.6 Å². The van der Waals surface area contributed by atoms with Crippen molar-refractivity contribution in [3.8, 4) is 0 Å². The molecular weight excluding hydrogens is 292 g/mol. The summed E-state index contributed by atoms with van der Waals surface area (Å²) in [6, 6.07) is 0. The maximum absolute atomic E-state index is 12.0. The van der Waals surface area contributed by atoms with E-state index >= 15 is 0 Å². The van der Waals surface area contributed by atoms with Gasteiger partial charge in [0.2, 0.25) is 0 Å². The van der Waals surface area contributed by atoms with Gasteiger partial charge in [0.15, 0.2) is 0 Å². The van der Waals surface area contributed by atoms with Gasteiger partial charge in [0.05, 0.1) is 11.7 Å². The number of carbonyl (C=O) groups is 1. The summed E-state index contributed by atoms with van der Waals surface area (Å²) in [5.74, 6) is 0. The van der Waals surface area contributed by atoms with Gasteiger partial charge in [-0.3, -0.25) is 4.68 Å². The van der Waals surface area contributed by atoms with Gasteiger partial charge in [-0.1, -0.05) is 6.92 Å². The Morgan fingerprint density at radius 2 is 2.17 bits per heavy atom. The van der Waals surface area contributed by atoms with E-state index in [0.717, 1.165) is 45.3 Å². The molecule has 0 radical (unpaired) electrons. The minimum atomic E-state index is -0.462. The van der Waals surface area contributed by atoms with Gasteiger partial charge in [-0.05, 0) is 46.5 Å². The second-order valence-corrected chi connectivity index (χ2v) is 7.48. The van der Waals surface area contributed by atoms with Crippen LogP contribution in [-0.4, -0.2) is 33.6 Å². The van der Waals surface area contributed by atoms with E-state index in [1.54, 1.807) is 0 Å². The van der Waals surface area contributed by atoms with Crippen LogP contribution in [0.3, 0.4) is 0 Å². The molecule has 1 amide bonds. The Balaban J connectivity index is 1.78. The molecule has 1 aliphatic carbocycles. The maximum atomic E-state index is 12.0. The molecule has 0 saturated heterocycles. The molecular formula is C17H30N4O2. The average Bonchev–Trinajstić information content (AvgIpc) is 2.81. The standard InChI is InChI=1S/C17H30N4O2/c1-5-9-21-12-14(11-19-21)10-18-13-17(7-6-8-17)20-15(22)23-16(2,3)4/h11-12,18H,5-10,13H2,1-4H3,(H,20,22). The van der Waals surface area contributed by atoms with Crippen LogP contribution in [0.1, 0.15) is 58.9 Å². The predicted molar refractivity (Wildman–Crippen MR) is 90.2 cm³/mol. The maximum Gasteiger partial charge on any atom is 0.408 e. The van der Waals surface area contributed by atoms with Gasteiger partial charge >= 0.3 is 6.09 Å². The van der Waals surface area contributed by atoms with Crippen LogP contribution < -0.4 is 10.6 Å². The fraction of sp³-hybridized carbons (Fsp3) is 0.765. The molecule has 0 atom stereocenters. The number of ether oxygens (including phenoxy) is 1. The van der Waals surface area contributed by atoms with Gasteiger partial charge < -0.3 is 15.4 Å². The first kappa shape index (κ1) is 17.8. The van der Waals surface area contributed by atoms with Gasteiger partial charge in [0.1, 0.15) is 5.60 Å². The number of rotatable bonds is 7. The Kier molecular flexibility index (Phi) is 5.68. The van der Waals surface area contributed by atoms with Crippen LogP contribution in [-0.2, 0) is 17.8 Å². The molecule has 0 bridgehead atoms. The third kappa shape index (κ3) is 5.53. The molecule has 0 spiro atoms. The lowest BCUT2D eigenvalue weighted by molar-refractivity contribution is 0.0382. The largest absolute Gasteiger partial charge is 0.444 e. The Morgan fingerprint density at radius 3 is 2.74 bits per heavy atom. The molecule has 2 rings (SSSR count). The molecule has 1 aromatic rings. The van der Waals surface area contributed by atoms with Gasteiger partial charge in [0, 0.05) is 31.4 Å². The van der Waals surface area contributed by atoms with E-state index < -0.39 is 5.60 Å². The summed E-state index contributed by atoms with van der Waals surface area (Å²) >= 11 is 0. The van der Waals surface area contributed by atoms with Crippen LogP contribution in [0.5, 0.6) is 0 Å². The van der Waals surface area contributed by atoms with Crippen molar-refractivity contribution in [2.45, 2.75) is 77.6 Å². The summed E-state index contributed by atoms with van der Waals surface area (Å²) in [6.45, 7) is 10.3. The molecule has 1 saturated carbocycles. The SMILES string of the molecule is CCCn1cc(CNCC2(NC(=O)OC(C)(C)C)CCC2)cn1. The second kappa shape index (κ2) is 7.34. The lowest BCUT2D eigenvalue weighted by Crippen LogP contribution is -2.59. The molecule has 6 heteroatoms. The smallest absolute Gasteiger partial charge is 0.408 e. The summed E-state index contributed by atoms with van der Waals surface area (Å²) in [5.41, 5.74) is 0.545. The molecule has 23 heavy (non-hydrogen) atoms. The molecule has 1 fully saturated rings. The molecule has 0 aromatic carbocycles. The molecule has 0 aliphatic heterocycles. The first-order valence-electron chi connectivity index (χ1n) is 8.55. The third-order valence-corrected chi connectivity index (χ3v) is 4.01. The normalized spacial score (nSPS) is 16.7. The highest BCUT2D eigenvalue weighted by Gasteiger charge is 2.39. The molecule has 1 aromatic heterocycles. The summed E-state index contributed by atoms with van der Waals surface area (Å²) in [4.78, 5) is 12.0. The van der Waals surface area contributed by atoms with E-state index in [9.17, 15) is 4.79 Å². The van der Waals surface area contributed by atoms with Crippen molar-refractivity contribution in [3.05, 3.63) is 18.0 Å². The van der Waals surface area contributed by atoms with Crippen LogP contribution in [0.25, 0.3) is 0 Å². The number of carbonyl (C=O) groups excluding carboxylic acids is 1. The molecule has 1 heterocycles. The van der Waals surface area contributed by atoms with Gasteiger partial charge in [-0.25, -0.2) is 4.79 Å². The summed E-state index contributed by atoms with van der Waals surface area (Å²) in [5, 5.41) is 10.8. The van der Waals surface area contributed by atoms with Crippen molar-refractivity contribution >= 4 is 6.09 Å². The lowest BCUT2D eigenvalue weighted by Gasteiger charge is -2.42. The number of nitrogens with one attached hydrogen (secondary N) is 2. The number of aromatic nitrogens is 2. The van der Waals surface area contributed by atoms with Gasteiger partial charge in [0.25, 0.3) is 0 Å². The zero-order valence-electron chi connectivity index (χ0n) is 14.8. The monoisotopic (exact) mass is 322 g/mol. The lowest BCUT2D eigenvalue weighted by atomic mass is 9.76. The van der Waals surface area contributed by atoms with Gasteiger partial charge in [-0.15, -0.1) is 0 Å². The van der Waals surface area contributed by atoms with Crippen molar-refractivity contribution < 1.29 is 9.53 Å². The zero-order valence-corrected chi connectivity index (χ0v) is 14.8. The quantitative estimate of drug-likeness (QED) is 0.810. The number of amides is 1. The number of alkyl carbamates (subject to hydrolysis) is 1. The van der Waals surface area contributed by atoms with Crippen LogP contribution in [0, 0.1) is 0 Å². The molecule has 130 valence electrons. The molecule has 2 N–H and O–H groups in total. The summed E-state index contributed by atoms with van der Waals surface area (Å²) in [7, 11) is 0. The van der Waals surface area contributed by atoms with Crippen molar-refractivity contribution in [1.29, 1.82) is 0 Å². The van der Waals surface area contributed by atoms with Gasteiger partial charge in [-0.2, -0.15) is 5.10 Å². The predicted octanol–water partition coefficient (Wildman–Crippen LogP) is 2.83. The van der Waals surface area contributed by atoms with Crippen molar-refractivity contribution in [2.75, 3.05) is 6.54 Å². The van der Waals surface area contributed by atoms with E-state index in [1.807, 2.05) is 31.6 Å². The Morgan fingerprint density at radius 1 is 1.43 bits per heavy atom. The minimum Gasteiger partial charge on any atom is -0.444 e. The number of hydrogen-bond acceptors (Lipinski definition) is 4. The highest BCUT2D eigenvalue weighted by atomic mass is 16.6. The number of hydrogen-bond donors (Lipinski definition) is 2. The van der Waals surface area contributed by atoms with Crippen LogP contribution in [0.15, 0.2) is 12.4 Å². The Hall–Kier alpha value is -1.56. The zero-order chi connectivity index (χ0) is 16.9. The highest BCUT2D eigenvalue weighted by Crippen LogP contribution is 2.31. The van der Waals surface area contributed by atoms with E-state index in [0.29, 0.717) is 0 Å². The Labute approximate surface area is 139 Å². The topological polar surface area (TPSA) is 68.2 Å². The minimum absolute atomic E-state index is 0.165. The Bertz CT molecular complexity index is 515. The third-order valence-electron chi connectivity index (χ3n) is 4.01. The number of aryl methyl sites for hydroxylation is 1. The fourth-order valence-electron chi connectivity index (χ4n) is 2.76. The highest BCUT2D eigenvalue weighted by molar-refractivity contribution is 5.69. The number of nitrogens with zero attached hydrogens (tertiary/aromatic N) is 2. The van der Waals surface area contributed by atoms with Crippen molar-refractivity contribution in [3.63, 3.8) is 0 Å². The molecule has 0 unspecified atom stereocenters. The second-order valence-electron chi connectivity index (χ2n) is 7.48. The average molecular weight is 322 g/mol. The first-order chi connectivity index (χ1) is 10.8. The van der Waals surface area contributed by atoms with Crippen molar-refractivity contribution in [1.82, 2.24) is 20.4 Å².